The molecule has 0 spiro atoms. The predicted octanol–water partition coefficient (Wildman–Crippen LogP) is 4.13. The molecule has 2 heterocycles. The van der Waals surface area contributed by atoms with Gasteiger partial charge in [-0.25, -0.2) is 0 Å². The molecule has 0 radical (unpaired) electrons. The van der Waals surface area contributed by atoms with E-state index in [-0.39, 0.29) is 24.0 Å². The van der Waals surface area contributed by atoms with Crippen molar-refractivity contribution in [3.8, 4) is 0 Å². The molecule has 2 aliphatic rings. The van der Waals surface area contributed by atoms with Crippen molar-refractivity contribution < 1.29 is 4.42 Å². The van der Waals surface area contributed by atoms with Crippen LogP contribution in [0.1, 0.15) is 37.9 Å². The van der Waals surface area contributed by atoms with E-state index in [1.54, 1.807) is 6.26 Å². The van der Waals surface area contributed by atoms with Gasteiger partial charge >= 0.3 is 0 Å². The molecule has 4 rings (SSSR count). The number of nitrogens with zero attached hydrogens (tertiary/aromatic N) is 3. The number of piperidine rings is 1. The summed E-state index contributed by atoms with van der Waals surface area (Å²) in [6.45, 7) is 5.05. The highest BCUT2D eigenvalue weighted by molar-refractivity contribution is 14.0. The number of hydrogen-bond donors (Lipinski definition) is 2. The second kappa shape index (κ2) is 13.1. The topological polar surface area (TPSA) is 56.0 Å². The van der Waals surface area contributed by atoms with Crippen LogP contribution in [0.25, 0.3) is 0 Å². The molecule has 1 aromatic carbocycles. The predicted molar refractivity (Wildman–Crippen MR) is 143 cm³/mol. The Bertz CT molecular complexity index is 786. The number of halogens is 1. The molecule has 7 heteroatoms. The van der Waals surface area contributed by atoms with Gasteiger partial charge < -0.3 is 24.9 Å². The summed E-state index contributed by atoms with van der Waals surface area (Å²) in [6, 6.07) is 15.9. The molecule has 2 aromatic rings. The molecule has 0 amide bonds. The Hall–Kier alpha value is -1.74. The molecule has 1 aliphatic heterocycles. The van der Waals surface area contributed by atoms with E-state index < -0.39 is 0 Å². The van der Waals surface area contributed by atoms with Crippen molar-refractivity contribution in [1.82, 2.24) is 15.5 Å². The molecular formula is C25H38IN5O. The first-order valence-electron chi connectivity index (χ1n) is 11.9. The van der Waals surface area contributed by atoms with Gasteiger partial charge in [0.2, 0.25) is 0 Å². The molecule has 0 atom stereocenters. The number of likely N-dealkylation sites (tertiary alicyclic amines) is 1. The Morgan fingerprint density at radius 1 is 1.09 bits per heavy atom. The molecule has 2 fully saturated rings. The van der Waals surface area contributed by atoms with Gasteiger partial charge in [0.05, 0.1) is 6.26 Å². The van der Waals surface area contributed by atoms with Crippen LogP contribution < -0.4 is 15.5 Å². The monoisotopic (exact) mass is 551 g/mol. The fraction of sp³-hybridized carbons (Fsp3) is 0.560. The van der Waals surface area contributed by atoms with Crippen LogP contribution in [-0.4, -0.2) is 62.7 Å². The van der Waals surface area contributed by atoms with Crippen molar-refractivity contribution in [3.05, 3.63) is 54.5 Å². The summed E-state index contributed by atoms with van der Waals surface area (Å²) in [5.41, 5.74) is 1.25. The largest absolute Gasteiger partial charge is 0.469 e. The van der Waals surface area contributed by atoms with Crippen LogP contribution in [0.5, 0.6) is 0 Å². The molecule has 1 saturated heterocycles. The molecule has 6 nitrogen and oxygen atoms in total. The molecule has 32 heavy (non-hydrogen) atoms. The first kappa shape index (κ1) is 24.9. The highest BCUT2D eigenvalue weighted by Crippen LogP contribution is 2.29. The summed E-state index contributed by atoms with van der Waals surface area (Å²) < 4.78 is 5.46. The van der Waals surface area contributed by atoms with E-state index in [1.807, 2.05) is 12.1 Å². The normalized spacial score (nSPS) is 17.6. The average Bonchev–Trinajstić information content (AvgIpc) is 3.53. The van der Waals surface area contributed by atoms with Gasteiger partial charge in [0.1, 0.15) is 5.76 Å². The van der Waals surface area contributed by atoms with Gasteiger partial charge in [0, 0.05) is 64.0 Å². The minimum Gasteiger partial charge on any atom is -0.469 e. The number of rotatable bonds is 10. The third-order valence-corrected chi connectivity index (χ3v) is 6.30. The van der Waals surface area contributed by atoms with E-state index in [4.69, 9.17) is 9.41 Å². The standard InChI is InChI=1S/C25H37N5O.HI/c1-29(22-7-3-2-4-8-22)17-6-15-26-25(27-16-12-24-9-5-20-31-24)28-21-13-18-30(19-14-21)23-10-11-23;/h2-5,7-9,20-21,23H,6,10-19H2,1H3,(H2,26,27,28);1H. The van der Waals surface area contributed by atoms with Crippen LogP contribution in [0.15, 0.2) is 58.1 Å². The second-order valence-electron chi connectivity index (χ2n) is 8.78. The molecule has 1 saturated carbocycles. The second-order valence-corrected chi connectivity index (χ2v) is 8.78. The summed E-state index contributed by atoms with van der Waals surface area (Å²) in [7, 11) is 2.15. The van der Waals surface area contributed by atoms with E-state index in [9.17, 15) is 0 Å². The Labute approximate surface area is 209 Å². The van der Waals surface area contributed by atoms with Crippen LogP contribution in [0.2, 0.25) is 0 Å². The SMILES string of the molecule is CN(CCCN=C(NCCc1ccco1)NC1CCN(C2CC2)CC1)c1ccccc1.I. The van der Waals surface area contributed by atoms with Gasteiger partial charge in [-0.2, -0.15) is 0 Å². The smallest absolute Gasteiger partial charge is 0.191 e. The van der Waals surface area contributed by atoms with Crippen LogP contribution in [0.4, 0.5) is 5.69 Å². The fourth-order valence-electron chi connectivity index (χ4n) is 4.26. The first-order chi connectivity index (χ1) is 15.3. The summed E-state index contributed by atoms with van der Waals surface area (Å²) in [5, 5.41) is 7.23. The number of hydrogen-bond acceptors (Lipinski definition) is 4. The van der Waals surface area contributed by atoms with Gasteiger partial charge in [-0.15, -0.1) is 24.0 Å². The zero-order chi connectivity index (χ0) is 21.3. The first-order valence-corrected chi connectivity index (χ1v) is 11.9. The lowest BCUT2D eigenvalue weighted by molar-refractivity contribution is 0.197. The number of benzene rings is 1. The Kier molecular flexibility index (Phi) is 10.2. The molecule has 176 valence electrons. The average molecular weight is 552 g/mol. The Balaban J connectivity index is 0.00000289. The number of nitrogens with one attached hydrogen (secondary N) is 2. The third kappa shape index (κ3) is 7.99. The maximum Gasteiger partial charge on any atom is 0.191 e. The van der Waals surface area contributed by atoms with E-state index in [2.05, 4.69) is 57.8 Å². The van der Waals surface area contributed by atoms with Crippen molar-refractivity contribution in [1.29, 1.82) is 0 Å². The summed E-state index contributed by atoms with van der Waals surface area (Å²) in [6.07, 6.45) is 8.83. The number of anilines is 1. The highest BCUT2D eigenvalue weighted by atomic mass is 127. The van der Waals surface area contributed by atoms with Gasteiger partial charge in [-0.3, -0.25) is 4.99 Å². The molecular weight excluding hydrogens is 513 g/mol. The molecule has 0 bridgehead atoms. The number of guanidine groups is 1. The number of aliphatic imine (C=N–C) groups is 1. The lowest BCUT2D eigenvalue weighted by Crippen LogP contribution is -2.49. The Morgan fingerprint density at radius 3 is 2.56 bits per heavy atom. The number of para-hydroxylation sites is 1. The zero-order valence-electron chi connectivity index (χ0n) is 19.2. The van der Waals surface area contributed by atoms with E-state index in [0.29, 0.717) is 6.04 Å². The van der Waals surface area contributed by atoms with Crippen molar-refractivity contribution in [2.45, 2.75) is 50.6 Å². The Morgan fingerprint density at radius 2 is 1.88 bits per heavy atom. The minimum atomic E-state index is 0. The maximum atomic E-state index is 5.46. The van der Waals surface area contributed by atoms with Gasteiger partial charge in [-0.05, 0) is 56.4 Å². The van der Waals surface area contributed by atoms with E-state index in [0.717, 1.165) is 50.2 Å². The highest BCUT2D eigenvalue weighted by Gasteiger charge is 2.31. The summed E-state index contributed by atoms with van der Waals surface area (Å²) in [4.78, 5) is 9.85. The lowest BCUT2D eigenvalue weighted by Gasteiger charge is -2.33. The molecule has 1 aliphatic carbocycles. The van der Waals surface area contributed by atoms with E-state index >= 15 is 0 Å². The van der Waals surface area contributed by atoms with Crippen LogP contribution in [0.3, 0.4) is 0 Å². The quantitative estimate of drug-likeness (QED) is 0.201. The van der Waals surface area contributed by atoms with Crippen molar-refractivity contribution in [3.63, 3.8) is 0 Å². The van der Waals surface area contributed by atoms with Gasteiger partial charge in [-0.1, -0.05) is 18.2 Å². The minimum absolute atomic E-state index is 0. The maximum absolute atomic E-state index is 5.46. The van der Waals surface area contributed by atoms with Crippen LogP contribution in [-0.2, 0) is 6.42 Å². The van der Waals surface area contributed by atoms with Crippen LogP contribution >= 0.6 is 24.0 Å². The van der Waals surface area contributed by atoms with Crippen molar-refractivity contribution >= 4 is 35.6 Å². The summed E-state index contributed by atoms with van der Waals surface area (Å²) >= 11 is 0. The fourth-order valence-corrected chi connectivity index (χ4v) is 4.26. The van der Waals surface area contributed by atoms with Crippen LogP contribution in [0, 0.1) is 0 Å². The van der Waals surface area contributed by atoms with Gasteiger partial charge in [0.15, 0.2) is 5.96 Å². The van der Waals surface area contributed by atoms with Crippen molar-refractivity contribution in [2.75, 3.05) is 44.7 Å². The van der Waals surface area contributed by atoms with Crippen molar-refractivity contribution in [2.24, 2.45) is 4.99 Å². The zero-order valence-corrected chi connectivity index (χ0v) is 21.5. The molecule has 2 N–H and O–H groups in total. The number of furan rings is 1. The third-order valence-electron chi connectivity index (χ3n) is 6.30. The van der Waals surface area contributed by atoms with Gasteiger partial charge in [0.25, 0.3) is 0 Å². The molecule has 1 aromatic heterocycles. The summed E-state index contributed by atoms with van der Waals surface area (Å²) in [5.74, 6) is 1.95. The van der Waals surface area contributed by atoms with E-state index in [1.165, 1.54) is 44.5 Å². The lowest BCUT2D eigenvalue weighted by atomic mass is 10.1. The molecule has 0 unspecified atom stereocenters.